The molecule has 0 unspecified atom stereocenters. The Labute approximate surface area is 109 Å². The second-order valence-corrected chi connectivity index (χ2v) is 5.69. The third-order valence-corrected chi connectivity index (χ3v) is 3.21. The molecule has 0 radical (unpaired) electrons. The van der Waals surface area contributed by atoms with Crippen molar-refractivity contribution in [1.82, 2.24) is 4.57 Å². The van der Waals surface area contributed by atoms with E-state index in [1.165, 1.54) is 16.6 Å². The van der Waals surface area contributed by atoms with Crippen LogP contribution in [0.25, 0.3) is 10.9 Å². The van der Waals surface area contributed by atoms with E-state index in [1.807, 2.05) is 0 Å². The lowest BCUT2D eigenvalue weighted by molar-refractivity contribution is 0.465. The van der Waals surface area contributed by atoms with Crippen LogP contribution in [-0.4, -0.2) is 16.7 Å². The summed E-state index contributed by atoms with van der Waals surface area (Å²) in [6.45, 7) is 5.12. The highest BCUT2D eigenvalue weighted by molar-refractivity contribution is 5.92. The monoisotopic (exact) mass is 245 g/mol. The van der Waals surface area contributed by atoms with Crippen LogP contribution < -0.4 is 11.1 Å². The Morgan fingerprint density at radius 1 is 1.28 bits per heavy atom. The number of anilines is 1. The number of hydrogen-bond donors (Lipinski definition) is 2. The standard InChI is InChI=1S/C15H23N3/c1-15(2,16)9-6-10-17-13-11-18(3)14-8-5-4-7-12(13)14/h4-5,7-8,11,17H,6,9-10,16H2,1-3H3. The van der Waals surface area contributed by atoms with Gasteiger partial charge in [-0.3, -0.25) is 0 Å². The van der Waals surface area contributed by atoms with Gasteiger partial charge in [-0.2, -0.15) is 0 Å². The summed E-state index contributed by atoms with van der Waals surface area (Å²) >= 11 is 0. The van der Waals surface area contributed by atoms with Crippen molar-refractivity contribution in [2.24, 2.45) is 12.8 Å². The van der Waals surface area contributed by atoms with Gasteiger partial charge in [-0.25, -0.2) is 0 Å². The van der Waals surface area contributed by atoms with Crippen molar-refractivity contribution in [2.75, 3.05) is 11.9 Å². The molecule has 0 aliphatic rings. The van der Waals surface area contributed by atoms with Crippen LogP contribution in [0.1, 0.15) is 26.7 Å². The van der Waals surface area contributed by atoms with E-state index in [9.17, 15) is 0 Å². The minimum absolute atomic E-state index is 0.0690. The van der Waals surface area contributed by atoms with Crippen LogP contribution in [0.2, 0.25) is 0 Å². The Bertz CT molecular complexity index is 520. The van der Waals surface area contributed by atoms with E-state index in [2.05, 4.69) is 61.2 Å². The Morgan fingerprint density at radius 3 is 2.72 bits per heavy atom. The fourth-order valence-corrected chi connectivity index (χ4v) is 2.25. The lowest BCUT2D eigenvalue weighted by atomic mass is 10.0. The molecule has 0 fully saturated rings. The van der Waals surface area contributed by atoms with Gasteiger partial charge in [0.15, 0.2) is 0 Å². The minimum Gasteiger partial charge on any atom is -0.383 e. The molecule has 3 nitrogen and oxygen atoms in total. The number of nitrogens with two attached hydrogens (primary N) is 1. The van der Waals surface area contributed by atoms with Gasteiger partial charge in [-0.05, 0) is 32.8 Å². The van der Waals surface area contributed by atoms with Gasteiger partial charge in [0, 0.05) is 36.2 Å². The Kier molecular flexibility index (Phi) is 3.62. The molecule has 0 aliphatic heterocycles. The molecule has 98 valence electrons. The molecule has 1 heterocycles. The van der Waals surface area contributed by atoms with Crippen molar-refractivity contribution in [2.45, 2.75) is 32.2 Å². The van der Waals surface area contributed by atoms with Crippen LogP contribution in [0.5, 0.6) is 0 Å². The van der Waals surface area contributed by atoms with Crippen molar-refractivity contribution >= 4 is 16.6 Å². The van der Waals surface area contributed by atoms with Crippen molar-refractivity contribution < 1.29 is 0 Å². The predicted molar refractivity (Wildman–Crippen MR) is 78.9 cm³/mol. The minimum atomic E-state index is -0.0690. The summed E-state index contributed by atoms with van der Waals surface area (Å²) in [5.41, 5.74) is 8.38. The first kappa shape index (κ1) is 13.0. The van der Waals surface area contributed by atoms with E-state index < -0.39 is 0 Å². The zero-order chi connectivity index (χ0) is 13.2. The second-order valence-electron chi connectivity index (χ2n) is 5.69. The molecule has 0 bridgehead atoms. The molecule has 3 heteroatoms. The normalized spacial score (nSPS) is 12.0. The lowest BCUT2D eigenvalue weighted by Gasteiger charge is -2.18. The van der Waals surface area contributed by atoms with E-state index >= 15 is 0 Å². The molecule has 0 saturated carbocycles. The molecule has 0 aliphatic carbocycles. The van der Waals surface area contributed by atoms with Gasteiger partial charge in [0.1, 0.15) is 0 Å². The maximum Gasteiger partial charge on any atom is 0.0599 e. The van der Waals surface area contributed by atoms with E-state index in [-0.39, 0.29) is 5.54 Å². The van der Waals surface area contributed by atoms with Gasteiger partial charge < -0.3 is 15.6 Å². The first-order chi connectivity index (χ1) is 8.47. The van der Waals surface area contributed by atoms with E-state index in [4.69, 9.17) is 5.73 Å². The summed E-state index contributed by atoms with van der Waals surface area (Å²) in [6, 6.07) is 8.45. The van der Waals surface area contributed by atoms with Crippen LogP contribution in [0, 0.1) is 0 Å². The highest BCUT2D eigenvalue weighted by Crippen LogP contribution is 2.24. The largest absolute Gasteiger partial charge is 0.383 e. The van der Waals surface area contributed by atoms with Crippen LogP contribution in [0.3, 0.4) is 0 Å². The molecular weight excluding hydrogens is 222 g/mol. The SMILES string of the molecule is Cn1cc(NCCCC(C)(C)N)c2ccccc21. The zero-order valence-corrected chi connectivity index (χ0v) is 11.5. The zero-order valence-electron chi connectivity index (χ0n) is 11.5. The van der Waals surface area contributed by atoms with Crippen molar-refractivity contribution in [1.29, 1.82) is 0 Å². The molecule has 18 heavy (non-hydrogen) atoms. The van der Waals surface area contributed by atoms with Crippen molar-refractivity contribution in [3.05, 3.63) is 30.5 Å². The number of nitrogens with one attached hydrogen (secondary N) is 1. The summed E-state index contributed by atoms with van der Waals surface area (Å²) in [6.07, 6.45) is 4.27. The van der Waals surface area contributed by atoms with Crippen molar-refractivity contribution in [3.8, 4) is 0 Å². The third kappa shape index (κ3) is 3.05. The third-order valence-electron chi connectivity index (χ3n) is 3.21. The smallest absolute Gasteiger partial charge is 0.0599 e. The fourth-order valence-electron chi connectivity index (χ4n) is 2.25. The molecule has 0 spiro atoms. The number of nitrogens with zero attached hydrogens (tertiary/aromatic N) is 1. The van der Waals surface area contributed by atoms with Gasteiger partial charge >= 0.3 is 0 Å². The first-order valence-electron chi connectivity index (χ1n) is 6.54. The number of rotatable bonds is 5. The number of hydrogen-bond acceptors (Lipinski definition) is 2. The van der Waals surface area contributed by atoms with Crippen LogP contribution in [0.15, 0.2) is 30.5 Å². The topological polar surface area (TPSA) is 43.0 Å². The molecule has 0 saturated heterocycles. The number of benzene rings is 1. The summed E-state index contributed by atoms with van der Waals surface area (Å²) in [4.78, 5) is 0. The molecule has 2 aromatic rings. The molecular formula is C15H23N3. The van der Waals surface area contributed by atoms with E-state index in [1.54, 1.807) is 0 Å². The molecule has 2 rings (SSSR count). The molecule has 0 atom stereocenters. The van der Waals surface area contributed by atoms with E-state index in [0.29, 0.717) is 0 Å². The quantitative estimate of drug-likeness (QED) is 0.795. The summed E-state index contributed by atoms with van der Waals surface area (Å²) in [5, 5.41) is 4.79. The fraction of sp³-hybridized carbons (Fsp3) is 0.467. The first-order valence-corrected chi connectivity index (χ1v) is 6.54. The van der Waals surface area contributed by atoms with Gasteiger partial charge in [0.2, 0.25) is 0 Å². The van der Waals surface area contributed by atoms with Crippen LogP contribution >= 0.6 is 0 Å². The number of fused-ring (bicyclic) bond motifs is 1. The van der Waals surface area contributed by atoms with Gasteiger partial charge in [-0.15, -0.1) is 0 Å². The predicted octanol–water partition coefficient (Wildman–Crippen LogP) is 3.11. The number of aromatic nitrogens is 1. The maximum absolute atomic E-state index is 5.98. The average Bonchev–Trinajstić information content (AvgIpc) is 2.62. The molecule has 3 N–H and O–H groups in total. The maximum atomic E-state index is 5.98. The average molecular weight is 245 g/mol. The van der Waals surface area contributed by atoms with Gasteiger partial charge in [0.25, 0.3) is 0 Å². The van der Waals surface area contributed by atoms with E-state index in [0.717, 1.165) is 19.4 Å². The Balaban J connectivity index is 2.00. The summed E-state index contributed by atoms with van der Waals surface area (Å²) in [7, 11) is 2.08. The number of para-hydroxylation sites is 1. The molecule has 1 aromatic carbocycles. The second kappa shape index (κ2) is 5.02. The van der Waals surface area contributed by atoms with Crippen molar-refractivity contribution in [3.63, 3.8) is 0 Å². The summed E-state index contributed by atoms with van der Waals surface area (Å²) in [5.74, 6) is 0. The Hall–Kier alpha value is -1.48. The van der Waals surface area contributed by atoms with Gasteiger partial charge in [0.05, 0.1) is 5.69 Å². The molecule has 1 aromatic heterocycles. The summed E-state index contributed by atoms with van der Waals surface area (Å²) < 4.78 is 2.16. The highest BCUT2D eigenvalue weighted by atomic mass is 15.0. The lowest BCUT2D eigenvalue weighted by Crippen LogP contribution is -2.32. The number of aryl methyl sites for hydroxylation is 1. The highest BCUT2D eigenvalue weighted by Gasteiger charge is 2.10. The van der Waals surface area contributed by atoms with Gasteiger partial charge in [-0.1, -0.05) is 18.2 Å². The van der Waals surface area contributed by atoms with Crippen LogP contribution in [0.4, 0.5) is 5.69 Å². The Morgan fingerprint density at radius 2 is 2.00 bits per heavy atom. The molecule has 0 amide bonds. The van der Waals surface area contributed by atoms with Crippen LogP contribution in [-0.2, 0) is 7.05 Å².